The van der Waals surface area contributed by atoms with Crippen LogP contribution in [0.15, 0.2) is 47.3 Å². The summed E-state index contributed by atoms with van der Waals surface area (Å²) in [5.74, 6) is 0.834. The van der Waals surface area contributed by atoms with Crippen molar-refractivity contribution in [3.63, 3.8) is 0 Å². The smallest absolute Gasteiger partial charge is 0.328 e. The lowest BCUT2D eigenvalue weighted by atomic mass is 10.2. The number of hydrogen-bond acceptors (Lipinski definition) is 4. The SMILES string of the molecule is COCCCNCc1ccc(OCc2ccc3c(c2)n(C)c(=O)n3C)cc1.Cl. The van der Waals surface area contributed by atoms with Crippen LogP contribution in [0.1, 0.15) is 17.5 Å². The summed E-state index contributed by atoms with van der Waals surface area (Å²) in [5.41, 5.74) is 4.08. The van der Waals surface area contributed by atoms with Crippen molar-refractivity contribution in [1.82, 2.24) is 14.5 Å². The van der Waals surface area contributed by atoms with E-state index < -0.39 is 0 Å². The number of imidazole rings is 1. The van der Waals surface area contributed by atoms with Gasteiger partial charge in [0.2, 0.25) is 0 Å². The van der Waals surface area contributed by atoms with Gasteiger partial charge in [-0.05, 0) is 48.4 Å². The van der Waals surface area contributed by atoms with Crippen molar-refractivity contribution in [1.29, 1.82) is 0 Å². The van der Waals surface area contributed by atoms with Crippen LogP contribution in [-0.2, 0) is 32.0 Å². The van der Waals surface area contributed by atoms with Crippen LogP contribution < -0.4 is 15.7 Å². The summed E-state index contributed by atoms with van der Waals surface area (Å²) in [7, 11) is 5.30. The summed E-state index contributed by atoms with van der Waals surface area (Å²) in [6.45, 7) is 3.02. The predicted molar refractivity (Wildman–Crippen MR) is 114 cm³/mol. The molecule has 7 heteroatoms. The molecule has 28 heavy (non-hydrogen) atoms. The summed E-state index contributed by atoms with van der Waals surface area (Å²) in [5, 5.41) is 3.39. The van der Waals surface area contributed by atoms with Crippen molar-refractivity contribution >= 4 is 23.4 Å². The number of aromatic nitrogens is 2. The summed E-state index contributed by atoms with van der Waals surface area (Å²) >= 11 is 0. The molecule has 0 aliphatic heterocycles. The average Bonchev–Trinajstić information content (AvgIpc) is 2.91. The zero-order valence-corrected chi connectivity index (χ0v) is 17.4. The molecule has 0 saturated heterocycles. The van der Waals surface area contributed by atoms with E-state index in [9.17, 15) is 4.79 Å². The maximum absolute atomic E-state index is 12.0. The monoisotopic (exact) mass is 405 g/mol. The minimum absolute atomic E-state index is 0. The number of benzene rings is 2. The molecule has 0 atom stereocenters. The van der Waals surface area contributed by atoms with E-state index in [1.807, 2.05) is 30.3 Å². The van der Waals surface area contributed by atoms with Gasteiger partial charge in [0.05, 0.1) is 11.0 Å². The third-order valence-corrected chi connectivity index (χ3v) is 4.70. The van der Waals surface area contributed by atoms with Gasteiger partial charge >= 0.3 is 5.69 Å². The quantitative estimate of drug-likeness (QED) is 0.556. The Balaban J connectivity index is 0.00000280. The number of ether oxygens (including phenoxy) is 2. The lowest BCUT2D eigenvalue weighted by Gasteiger charge is -2.09. The molecule has 6 nitrogen and oxygen atoms in total. The van der Waals surface area contributed by atoms with E-state index in [4.69, 9.17) is 9.47 Å². The molecular formula is C21H28ClN3O3. The highest BCUT2D eigenvalue weighted by molar-refractivity contribution is 5.85. The normalized spacial score (nSPS) is 10.8. The third-order valence-electron chi connectivity index (χ3n) is 4.70. The highest BCUT2D eigenvalue weighted by Gasteiger charge is 2.08. The first-order valence-electron chi connectivity index (χ1n) is 9.16. The summed E-state index contributed by atoms with van der Waals surface area (Å²) < 4.78 is 14.2. The van der Waals surface area contributed by atoms with Crippen molar-refractivity contribution < 1.29 is 9.47 Å². The van der Waals surface area contributed by atoms with E-state index in [-0.39, 0.29) is 18.1 Å². The Bertz CT molecular complexity index is 948. The first-order valence-corrected chi connectivity index (χ1v) is 9.16. The Kier molecular flexibility index (Phi) is 8.11. The summed E-state index contributed by atoms with van der Waals surface area (Å²) in [4.78, 5) is 12.0. The van der Waals surface area contributed by atoms with E-state index in [0.29, 0.717) is 6.61 Å². The van der Waals surface area contributed by atoms with Crippen molar-refractivity contribution in [3.8, 4) is 5.75 Å². The van der Waals surface area contributed by atoms with Gasteiger partial charge in [0.25, 0.3) is 0 Å². The highest BCUT2D eigenvalue weighted by Crippen LogP contribution is 2.17. The first kappa shape index (κ1) is 22.0. The number of nitrogens with one attached hydrogen (secondary N) is 1. The van der Waals surface area contributed by atoms with Gasteiger partial charge in [0.15, 0.2) is 0 Å². The molecule has 0 saturated carbocycles. The van der Waals surface area contributed by atoms with Crippen molar-refractivity contribution in [2.24, 2.45) is 14.1 Å². The second-order valence-electron chi connectivity index (χ2n) is 6.68. The van der Waals surface area contributed by atoms with Crippen molar-refractivity contribution in [2.75, 3.05) is 20.3 Å². The van der Waals surface area contributed by atoms with Crippen LogP contribution in [0.2, 0.25) is 0 Å². The molecule has 0 aliphatic carbocycles. The Morgan fingerprint density at radius 3 is 2.36 bits per heavy atom. The van der Waals surface area contributed by atoms with Gasteiger partial charge in [-0.15, -0.1) is 12.4 Å². The molecule has 0 amide bonds. The van der Waals surface area contributed by atoms with E-state index in [1.165, 1.54) is 5.56 Å². The largest absolute Gasteiger partial charge is 0.489 e. The molecule has 1 aromatic heterocycles. The molecule has 3 aromatic rings. The average molecular weight is 406 g/mol. The van der Waals surface area contributed by atoms with E-state index in [2.05, 4.69) is 17.4 Å². The Hall–Kier alpha value is -2.28. The molecule has 1 N–H and O–H groups in total. The van der Waals surface area contributed by atoms with Gasteiger partial charge in [-0.25, -0.2) is 4.79 Å². The van der Waals surface area contributed by atoms with Gasteiger partial charge in [-0.2, -0.15) is 0 Å². The third kappa shape index (κ3) is 5.16. The van der Waals surface area contributed by atoms with Crippen LogP contribution in [0.3, 0.4) is 0 Å². The van der Waals surface area contributed by atoms with Gasteiger partial charge in [-0.3, -0.25) is 9.13 Å². The van der Waals surface area contributed by atoms with E-state index in [1.54, 1.807) is 30.3 Å². The van der Waals surface area contributed by atoms with Gasteiger partial charge < -0.3 is 14.8 Å². The maximum Gasteiger partial charge on any atom is 0.328 e. The lowest BCUT2D eigenvalue weighted by molar-refractivity contribution is 0.194. The predicted octanol–water partition coefficient (Wildman–Crippen LogP) is 3.00. The Labute approximate surface area is 171 Å². The van der Waals surface area contributed by atoms with Gasteiger partial charge in [0.1, 0.15) is 12.4 Å². The van der Waals surface area contributed by atoms with E-state index >= 15 is 0 Å². The number of fused-ring (bicyclic) bond motifs is 1. The summed E-state index contributed by atoms with van der Waals surface area (Å²) in [6.07, 6.45) is 1.01. The second-order valence-corrected chi connectivity index (χ2v) is 6.68. The Morgan fingerprint density at radius 2 is 1.64 bits per heavy atom. The molecule has 0 unspecified atom stereocenters. The first-order chi connectivity index (χ1) is 13.1. The molecule has 0 aliphatic rings. The van der Waals surface area contributed by atoms with Crippen molar-refractivity contribution in [2.45, 2.75) is 19.6 Å². The zero-order chi connectivity index (χ0) is 19.2. The molecule has 0 spiro atoms. The van der Waals surface area contributed by atoms with Crippen molar-refractivity contribution in [3.05, 3.63) is 64.1 Å². The van der Waals surface area contributed by atoms with Crippen LogP contribution in [-0.4, -0.2) is 29.4 Å². The van der Waals surface area contributed by atoms with Gasteiger partial charge in [-0.1, -0.05) is 18.2 Å². The molecule has 0 radical (unpaired) electrons. The number of aryl methyl sites for hydroxylation is 2. The number of hydrogen-bond donors (Lipinski definition) is 1. The molecular weight excluding hydrogens is 378 g/mol. The van der Waals surface area contributed by atoms with Crippen LogP contribution in [0, 0.1) is 0 Å². The molecule has 0 fully saturated rings. The van der Waals surface area contributed by atoms with Gasteiger partial charge in [0, 0.05) is 34.4 Å². The zero-order valence-electron chi connectivity index (χ0n) is 16.6. The topological polar surface area (TPSA) is 57.4 Å². The molecule has 3 rings (SSSR count). The lowest BCUT2D eigenvalue weighted by Crippen LogP contribution is -2.19. The standard InChI is InChI=1S/C21H27N3O3.ClH/c1-23-19-10-7-17(13-20(19)24(2)21(23)25)15-27-18-8-5-16(6-9-18)14-22-11-4-12-26-3;/h5-10,13,22H,4,11-12,14-15H2,1-3H3;1H. The molecule has 152 valence electrons. The fraction of sp³-hybridized carbons (Fsp3) is 0.381. The minimum atomic E-state index is -0.0190. The summed E-state index contributed by atoms with van der Waals surface area (Å²) in [6, 6.07) is 14.1. The highest BCUT2D eigenvalue weighted by atomic mass is 35.5. The molecule has 2 aromatic carbocycles. The second kappa shape index (κ2) is 10.3. The molecule has 1 heterocycles. The number of rotatable bonds is 9. The number of nitrogens with zero attached hydrogens (tertiary/aromatic N) is 2. The fourth-order valence-corrected chi connectivity index (χ4v) is 3.09. The van der Waals surface area contributed by atoms with Crippen LogP contribution in [0.4, 0.5) is 0 Å². The molecule has 0 bridgehead atoms. The Morgan fingerprint density at radius 1 is 0.964 bits per heavy atom. The number of methoxy groups -OCH3 is 1. The fourth-order valence-electron chi connectivity index (χ4n) is 3.09. The maximum atomic E-state index is 12.0. The van der Waals surface area contributed by atoms with Crippen LogP contribution in [0.25, 0.3) is 11.0 Å². The van der Waals surface area contributed by atoms with E-state index in [0.717, 1.165) is 48.5 Å². The number of halogens is 1. The van der Waals surface area contributed by atoms with Crippen LogP contribution >= 0.6 is 12.4 Å². The van der Waals surface area contributed by atoms with Crippen LogP contribution in [0.5, 0.6) is 5.75 Å². The minimum Gasteiger partial charge on any atom is -0.489 e.